The zero-order chi connectivity index (χ0) is 17.0. The van der Waals surface area contributed by atoms with Crippen LogP contribution in [0.3, 0.4) is 0 Å². The van der Waals surface area contributed by atoms with Gasteiger partial charge in [0.1, 0.15) is 12.1 Å². The van der Waals surface area contributed by atoms with Crippen molar-refractivity contribution in [2.24, 2.45) is 5.92 Å². The molecule has 0 spiro atoms. The number of aromatic nitrogens is 2. The monoisotopic (exact) mass is 321 g/mol. The number of nitrogens with one attached hydrogen (secondary N) is 1. The third kappa shape index (κ3) is 4.51. The van der Waals surface area contributed by atoms with Crippen LogP contribution in [-0.4, -0.2) is 34.3 Å². The quantitative estimate of drug-likeness (QED) is 0.818. The number of anilines is 1. The van der Waals surface area contributed by atoms with Crippen LogP contribution in [0.2, 0.25) is 0 Å². The molecular formula is C17H24FN3O2. The van der Waals surface area contributed by atoms with Crippen LogP contribution < -0.4 is 10.1 Å². The zero-order valence-corrected chi connectivity index (χ0v) is 14.1. The Hall–Kier alpha value is -1.95. The predicted octanol–water partition coefficient (Wildman–Crippen LogP) is 3.38. The molecule has 0 radical (unpaired) electrons. The Morgan fingerprint density at radius 2 is 2.09 bits per heavy atom. The molecule has 0 saturated carbocycles. The van der Waals surface area contributed by atoms with E-state index in [9.17, 15) is 9.50 Å². The summed E-state index contributed by atoms with van der Waals surface area (Å²) in [7, 11) is 1.41. The second-order valence-corrected chi connectivity index (χ2v) is 6.51. The van der Waals surface area contributed by atoms with Crippen molar-refractivity contribution in [1.29, 1.82) is 0 Å². The van der Waals surface area contributed by atoms with Gasteiger partial charge in [-0.05, 0) is 31.7 Å². The first kappa shape index (κ1) is 17.4. The molecule has 1 aromatic carbocycles. The van der Waals surface area contributed by atoms with Gasteiger partial charge in [0.25, 0.3) is 0 Å². The molecule has 2 N–H and O–H groups in total. The van der Waals surface area contributed by atoms with Crippen LogP contribution in [0.15, 0.2) is 18.5 Å². The number of halogens is 1. The summed E-state index contributed by atoms with van der Waals surface area (Å²) < 4.78 is 18.8. The highest BCUT2D eigenvalue weighted by molar-refractivity contribution is 5.90. The van der Waals surface area contributed by atoms with Crippen LogP contribution in [0.1, 0.15) is 33.6 Å². The largest absolute Gasteiger partial charge is 0.494 e. The lowest BCUT2D eigenvalue weighted by molar-refractivity contribution is 0.0586. The fraction of sp³-hybridized carbons (Fsp3) is 0.529. The third-order valence-electron chi connectivity index (χ3n) is 3.81. The number of nitrogens with zero attached hydrogens (tertiary/aromatic N) is 2. The third-order valence-corrected chi connectivity index (χ3v) is 3.81. The van der Waals surface area contributed by atoms with Crippen molar-refractivity contribution < 1.29 is 14.2 Å². The SMILES string of the molecule is COc1cc2c(NCC(C)(O)CCC(C)C)ncnc2cc1F. The van der Waals surface area contributed by atoms with E-state index in [4.69, 9.17) is 4.74 Å². The maximum Gasteiger partial charge on any atom is 0.167 e. The van der Waals surface area contributed by atoms with E-state index in [1.54, 1.807) is 13.0 Å². The Morgan fingerprint density at radius 1 is 1.35 bits per heavy atom. The van der Waals surface area contributed by atoms with Gasteiger partial charge in [0, 0.05) is 18.0 Å². The highest BCUT2D eigenvalue weighted by Crippen LogP contribution is 2.27. The molecule has 6 heteroatoms. The summed E-state index contributed by atoms with van der Waals surface area (Å²) in [5.74, 6) is 0.766. The van der Waals surface area contributed by atoms with Gasteiger partial charge in [-0.25, -0.2) is 14.4 Å². The predicted molar refractivity (Wildman–Crippen MR) is 89.2 cm³/mol. The van der Waals surface area contributed by atoms with Crippen molar-refractivity contribution in [2.75, 3.05) is 19.0 Å². The van der Waals surface area contributed by atoms with Crippen molar-refractivity contribution >= 4 is 16.7 Å². The molecule has 2 aromatic rings. The Bertz CT molecular complexity index is 674. The number of methoxy groups -OCH3 is 1. The minimum Gasteiger partial charge on any atom is -0.494 e. The van der Waals surface area contributed by atoms with E-state index in [1.807, 2.05) is 0 Å². The van der Waals surface area contributed by atoms with Crippen LogP contribution in [0.25, 0.3) is 10.9 Å². The van der Waals surface area contributed by atoms with Gasteiger partial charge in [-0.15, -0.1) is 0 Å². The molecule has 0 amide bonds. The zero-order valence-electron chi connectivity index (χ0n) is 14.1. The number of fused-ring (bicyclic) bond motifs is 1. The molecule has 126 valence electrons. The molecule has 23 heavy (non-hydrogen) atoms. The van der Waals surface area contributed by atoms with Crippen molar-refractivity contribution in [3.63, 3.8) is 0 Å². The second-order valence-electron chi connectivity index (χ2n) is 6.51. The van der Waals surface area contributed by atoms with Gasteiger partial charge < -0.3 is 15.2 Å². The van der Waals surface area contributed by atoms with Crippen molar-refractivity contribution in [2.45, 2.75) is 39.2 Å². The summed E-state index contributed by atoms with van der Waals surface area (Å²) >= 11 is 0. The molecule has 0 bridgehead atoms. The van der Waals surface area contributed by atoms with E-state index in [0.29, 0.717) is 35.6 Å². The minimum atomic E-state index is -0.842. The standard InChI is InChI=1S/C17H24FN3O2/c1-11(2)5-6-17(3,22)9-19-16-12-7-15(23-4)13(18)8-14(12)20-10-21-16/h7-8,10-11,22H,5-6,9H2,1-4H3,(H,19,20,21). The number of hydrogen-bond donors (Lipinski definition) is 2. The molecule has 0 aliphatic carbocycles. The van der Waals surface area contributed by atoms with Crippen LogP contribution in [0.5, 0.6) is 5.75 Å². The van der Waals surface area contributed by atoms with Gasteiger partial charge >= 0.3 is 0 Å². The van der Waals surface area contributed by atoms with Gasteiger partial charge in [-0.2, -0.15) is 0 Å². The van der Waals surface area contributed by atoms with Crippen molar-refractivity contribution in [3.05, 3.63) is 24.3 Å². The summed E-state index contributed by atoms with van der Waals surface area (Å²) in [5.41, 5.74) is -0.353. The number of benzene rings is 1. The average Bonchev–Trinajstić information content (AvgIpc) is 2.50. The van der Waals surface area contributed by atoms with E-state index in [0.717, 1.165) is 6.42 Å². The minimum absolute atomic E-state index is 0.141. The Balaban J connectivity index is 2.20. The van der Waals surface area contributed by atoms with Gasteiger partial charge in [0.2, 0.25) is 0 Å². The first-order valence-corrected chi connectivity index (χ1v) is 7.77. The van der Waals surface area contributed by atoms with Gasteiger partial charge in [0.15, 0.2) is 11.6 Å². The number of hydrogen-bond acceptors (Lipinski definition) is 5. The van der Waals surface area contributed by atoms with E-state index in [2.05, 4.69) is 29.1 Å². The van der Waals surface area contributed by atoms with Crippen LogP contribution >= 0.6 is 0 Å². The van der Waals surface area contributed by atoms with Crippen molar-refractivity contribution in [3.8, 4) is 5.75 Å². The topological polar surface area (TPSA) is 67.3 Å². The summed E-state index contributed by atoms with van der Waals surface area (Å²) in [6, 6.07) is 2.88. The second kappa shape index (κ2) is 7.08. The van der Waals surface area contributed by atoms with Crippen LogP contribution in [0, 0.1) is 11.7 Å². The van der Waals surface area contributed by atoms with Crippen molar-refractivity contribution in [1.82, 2.24) is 9.97 Å². The summed E-state index contributed by atoms with van der Waals surface area (Å²) in [5, 5.41) is 14.3. The van der Waals surface area contributed by atoms with E-state index in [1.165, 1.54) is 19.5 Å². The van der Waals surface area contributed by atoms with Gasteiger partial charge in [0.05, 0.1) is 18.2 Å². The Labute approximate surface area is 135 Å². The smallest absolute Gasteiger partial charge is 0.167 e. The molecule has 1 aromatic heterocycles. The number of aliphatic hydroxyl groups is 1. The highest BCUT2D eigenvalue weighted by Gasteiger charge is 2.21. The molecule has 0 saturated heterocycles. The average molecular weight is 321 g/mol. The lowest BCUT2D eigenvalue weighted by Crippen LogP contribution is -2.34. The molecule has 1 unspecified atom stereocenters. The molecule has 0 aliphatic heterocycles. The fourth-order valence-corrected chi connectivity index (χ4v) is 2.32. The molecule has 5 nitrogen and oxygen atoms in total. The van der Waals surface area contributed by atoms with Crippen LogP contribution in [0.4, 0.5) is 10.2 Å². The molecule has 2 rings (SSSR count). The summed E-state index contributed by atoms with van der Waals surface area (Å²) in [6.07, 6.45) is 3.01. The van der Waals surface area contributed by atoms with Crippen LogP contribution in [-0.2, 0) is 0 Å². The first-order valence-electron chi connectivity index (χ1n) is 7.77. The van der Waals surface area contributed by atoms with E-state index >= 15 is 0 Å². The molecule has 0 aliphatic rings. The first-order chi connectivity index (χ1) is 10.8. The number of rotatable bonds is 7. The summed E-state index contributed by atoms with van der Waals surface area (Å²) in [6.45, 7) is 6.40. The van der Waals surface area contributed by atoms with Gasteiger partial charge in [-0.1, -0.05) is 13.8 Å². The lowest BCUT2D eigenvalue weighted by Gasteiger charge is -2.25. The highest BCUT2D eigenvalue weighted by atomic mass is 19.1. The molecular weight excluding hydrogens is 297 g/mol. The molecule has 1 atom stereocenters. The lowest BCUT2D eigenvalue weighted by atomic mass is 9.95. The van der Waals surface area contributed by atoms with E-state index < -0.39 is 11.4 Å². The van der Waals surface area contributed by atoms with E-state index in [-0.39, 0.29) is 5.75 Å². The fourth-order valence-electron chi connectivity index (χ4n) is 2.32. The normalized spacial score (nSPS) is 14.0. The Morgan fingerprint density at radius 3 is 2.74 bits per heavy atom. The summed E-state index contributed by atoms with van der Waals surface area (Å²) in [4.78, 5) is 8.27. The molecule has 1 heterocycles. The number of ether oxygens (including phenoxy) is 1. The van der Waals surface area contributed by atoms with Gasteiger partial charge in [-0.3, -0.25) is 0 Å². The Kier molecular flexibility index (Phi) is 5.36. The molecule has 0 fully saturated rings. The maximum atomic E-state index is 13.8. The maximum absolute atomic E-state index is 13.8.